The maximum atomic E-state index is 13.4. The number of ether oxygens (including phenoxy) is 2. The fraction of sp³-hybridized carbons (Fsp3) is 0.417. The predicted molar refractivity (Wildman–Crippen MR) is 123 cm³/mol. The molecule has 0 aromatic heterocycles. The van der Waals surface area contributed by atoms with Crippen LogP contribution in [0.2, 0.25) is 0 Å². The zero-order valence-corrected chi connectivity index (χ0v) is 20.3. The number of carbonyl (C=O) groups excluding carboxylic acids is 2. The molecular weight excluding hydrogens is 463 g/mol. The van der Waals surface area contributed by atoms with Crippen LogP contribution in [-0.4, -0.2) is 62.9 Å². The first-order valence-electron chi connectivity index (χ1n) is 11.0. The number of benzene rings is 2. The number of hydrogen-bond donors (Lipinski definition) is 0. The van der Waals surface area contributed by atoms with Crippen LogP contribution in [0, 0.1) is 11.7 Å². The number of likely N-dealkylation sites (N-methyl/N-ethyl adjacent to an activating group) is 1. The number of rotatable bonds is 8. The van der Waals surface area contributed by atoms with Crippen molar-refractivity contribution in [1.29, 1.82) is 0 Å². The Bertz CT molecular complexity index is 1110. The molecule has 1 saturated heterocycles. The zero-order chi connectivity index (χ0) is 24.9. The lowest BCUT2D eigenvalue weighted by Crippen LogP contribution is -2.42. The molecule has 0 unspecified atom stereocenters. The van der Waals surface area contributed by atoms with E-state index in [4.69, 9.17) is 9.47 Å². The van der Waals surface area contributed by atoms with Gasteiger partial charge in [-0.15, -0.1) is 0 Å². The minimum Gasteiger partial charge on any atom is -0.497 e. The first-order chi connectivity index (χ1) is 16.1. The van der Waals surface area contributed by atoms with E-state index in [2.05, 4.69) is 0 Å². The van der Waals surface area contributed by atoms with Crippen LogP contribution in [0.4, 0.5) is 4.39 Å². The van der Waals surface area contributed by atoms with Crippen molar-refractivity contribution in [2.75, 3.05) is 27.2 Å². The van der Waals surface area contributed by atoms with Crippen LogP contribution >= 0.6 is 0 Å². The molecule has 184 valence electrons. The predicted octanol–water partition coefficient (Wildman–Crippen LogP) is 2.83. The van der Waals surface area contributed by atoms with E-state index in [0.717, 1.165) is 0 Å². The molecule has 0 saturated carbocycles. The summed E-state index contributed by atoms with van der Waals surface area (Å²) in [5, 5.41) is 0. The summed E-state index contributed by atoms with van der Waals surface area (Å²) in [6.45, 7) is 2.03. The second kappa shape index (κ2) is 11.0. The lowest BCUT2D eigenvalue weighted by atomic mass is 9.98. The third-order valence-electron chi connectivity index (χ3n) is 5.81. The fourth-order valence-electron chi connectivity index (χ4n) is 3.85. The summed E-state index contributed by atoms with van der Waals surface area (Å²) in [6, 6.07) is 12.1. The van der Waals surface area contributed by atoms with Crippen molar-refractivity contribution in [2.24, 2.45) is 5.92 Å². The molecule has 0 spiro atoms. The minimum atomic E-state index is -3.68. The summed E-state index contributed by atoms with van der Waals surface area (Å²) in [7, 11) is -0.619. The van der Waals surface area contributed by atoms with Crippen molar-refractivity contribution >= 4 is 21.9 Å². The molecule has 0 aliphatic carbocycles. The number of hydrogen-bond acceptors (Lipinski definition) is 6. The average Bonchev–Trinajstić information content (AvgIpc) is 2.83. The monoisotopic (exact) mass is 492 g/mol. The van der Waals surface area contributed by atoms with Crippen molar-refractivity contribution in [3.63, 3.8) is 0 Å². The smallest absolute Gasteiger partial charge is 0.309 e. The molecule has 1 heterocycles. The van der Waals surface area contributed by atoms with Gasteiger partial charge >= 0.3 is 5.97 Å². The van der Waals surface area contributed by atoms with Gasteiger partial charge in [0.2, 0.25) is 10.0 Å². The van der Waals surface area contributed by atoms with E-state index in [9.17, 15) is 22.4 Å². The Balaban J connectivity index is 1.52. The second-order valence-corrected chi connectivity index (χ2v) is 10.2. The summed E-state index contributed by atoms with van der Waals surface area (Å²) in [5.74, 6) is -1.26. The number of amides is 1. The van der Waals surface area contributed by atoms with Gasteiger partial charge in [-0.05, 0) is 61.7 Å². The van der Waals surface area contributed by atoms with Gasteiger partial charge in [0.1, 0.15) is 11.6 Å². The molecule has 34 heavy (non-hydrogen) atoms. The van der Waals surface area contributed by atoms with Crippen LogP contribution in [0.25, 0.3) is 0 Å². The van der Waals surface area contributed by atoms with Crippen molar-refractivity contribution in [2.45, 2.75) is 37.3 Å². The van der Waals surface area contributed by atoms with Gasteiger partial charge in [-0.1, -0.05) is 12.1 Å². The number of methoxy groups -OCH3 is 1. The zero-order valence-electron chi connectivity index (χ0n) is 19.4. The Kier molecular flexibility index (Phi) is 8.27. The molecule has 1 amide bonds. The highest BCUT2D eigenvalue weighted by atomic mass is 32.2. The third-order valence-corrected chi connectivity index (χ3v) is 7.72. The molecule has 0 radical (unpaired) electrons. The van der Waals surface area contributed by atoms with Crippen LogP contribution < -0.4 is 4.74 Å². The molecule has 10 heteroatoms. The SMILES string of the molecule is COc1ccc(S(=O)(=O)N2CCC(C(=O)O[C@H](C)C(=O)N(C)Cc3cccc(F)c3)CC2)cc1. The Morgan fingerprint density at radius 3 is 2.38 bits per heavy atom. The molecular formula is C24H29FN2O6S. The largest absolute Gasteiger partial charge is 0.497 e. The number of nitrogens with zero attached hydrogens (tertiary/aromatic N) is 2. The molecule has 2 aromatic carbocycles. The highest BCUT2D eigenvalue weighted by molar-refractivity contribution is 7.89. The maximum Gasteiger partial charge on any atom is 0.309 e. The van der Waals surface area contributed by atoms with Gasteiger partial charge < -0.3 is 14.4 Å². The Labute approximate surface area is 199 Å². The molecule has 1 atom stereocenters. The van der Waals surface area contributed by atoms with Crippen molar-refractivity contribution in [1.82, 2.24) is 9.21 Å². The van der Waals surface area contributed by atoms with Crippen LogP contribution in [0.15, 0.2) is 53.4 Å². The van der Waals surface area contributed by atoms with Crippen LogP contribution in [0.3, 0.4) is 0 Å². The number of esters is 1. The molecule has 1 aliphatic rings. The van der Waals surface area contributed by atoms with Crippen LogP contribution in [0.5, 0.6) is 5.75 Å². The minimum absolute atomic E-state index is 0.162. The quantitative estimate of drug-likeness (QED) is 0.526. The normalized spacial score (nSPS) is 16.0. The standard InChI is InChI=1S/C24H29FN2O6S/c1-17(23(28)26(2)16-18-5-4-6-20(25)15-18)33-24(29)19-11-13-27(14-12-19)34(30,31)22-9-7-21(32-3)8-10-22/h4-10,15,17,19H,11-14,16H2,1-3H3/t17-/m1/s1. The van der Waals surface area contributed by atoms with Gasteiger partial charge in [0, 0.05) is 26.7 Å². The average molecular weight is 493 g/mol. The summed E-state index contributed by atoms with van der Waals surface area (Å²) in [4.78, 5) is 26.7. The topological polar surface area (TPSA) is 93.2 Å². The van der Waals surface area contributed by atoms with Gasteiger partial charge in [-0.3, -0.25) is 9.59 Å². The summed E-state index contributed by atoms with van der Waals surface area (Å²) < 4.78 is 50.9. The highest BCUT2D eigenvalue weighted by Gasteiger charge is 2.34. The van der Waals surface area contributed by atoms with E-state index in [0.29, 0.717) is 24.2 Å². The number of carbonyl (C=O) groups is 2. The summed E-state index contributed by atoms with van der Waals surface area (Å²) in [6.07, 6.45) is -0.408. The number of sulfonamides is 1. The molecule has 2 aromatic rings. The Morgan fingerprint density at radius 2 is 1.79 bits per heavy atom. The molecule has 1 fully saturated rings. The highest BCUT2D eigenvalue weighted by Crippen LogP contribution is 2.26. The maximum absolute atomic E-state index is 13.4. The van der Waals surface area contributed by atoms with E-state index in [1.54, 1.807) is 31.3 Å². The third kappa shape index (κ3) is 6.12. The lowest BCUT2D eigenvalue weighted by Gasteiger charge is -2.31. The van der Waals surface area contributed by atoms with Gasteiger partial charge in [0.25, 0.3) is 5.91 Å². The van der Waals surface area contributed by atoms with E-state index < -0.39 is 39.7 Å². The Morgan fingerprint density at radius 1 is 1.15 bits per heavy atom. The van der Waals surface area contributed by atoms with Crippen LogP contribution in [0.1, 0.15) is 25.3 Å². The van der Waals surface area contributed by atoms with Crippen molar-refractivity contribution < 1.29 is 31.9 Å². The molecule has 0 bridgehead atoms. The second-order valence-electron chi connectivity index (χ2n) is 8.26. The fourth-order valence-corrected chi connectivity index (χ4v) is 5.32. The van der Waals surface area contributed by atoms with Crippen molar-refractivity contribution in [3.05, 3.63) is 59.9 Å². The molecule has 0 N–H and O–H groups in total. The van der Waals surface area contributed by atoms with Crippen molar-refractivity contribution in [3.8, 4) is 5.75 Å². The van der Waals surface area contributed by atoms with E-state index in [-0.39, 0.29) is 24.5 Å². The van der Waals surface area contributed by atoms with Gasteiger partial charge in [0.05, 0.1) is 17.9 Å². The van der Waals surface area contributed by atoms with Crippen LogP contribution in [-0.2, 0) is 30.9 Å². The number of halogens is 1. The van der Waals surface area contributed by atoms with E-state index in [1.165, 1.54) is 47.5 Å². The Hall–Kier alpha value is -2.98. The first kappa shape index (κ1) is 25.6. The van der Waals surface area contributed by atoms with Gasteiger partial charge in [-0.2, -0.15) is 4.31 Å². The summed E-state index contributed by atoms with van der Waals surface area (Å²) >= 11 is 0. The molecule has 3 rings (SSSR count). The van der Waals surface area contributed by atoms with Gasteiger partial charge in [-0.25, -0.2) is 12.8 Å². The van der Waals surface area contributed by atoms with E-state index in [1.807, 2.05) is 0 Å². The van der Waals surface area contributed by atoms with E-state index >= 15 is 0 Å². The van der Waals surface area contributed by atoms with Gasteiger partial charge in [0.15, 0.2) is 6.10 Å². The summed E-state index contributed by atoms with van der Waals surface area (Å²) in [5.41, 5.74) is 0.625. The lowest BCUT2D eigenvalue weighted by molar-refractivity contribution is -0.163. The first-order valence-corrected chi connectivity index (χ1v) is 12.4. The molecule has 8 nitrogen and oxygen atoms in total. The molecule has 1 aliphatic heterocycles. The number of piperidine rings is 1.